The molecule has 0 unspecified atom stereocenters. The van der Waals surface area contributed by atoms with Crippen molar-refractivity contribution in [2.24, 2.45) is 4.90 Å². The number of anilines is 3. The Bertz CT molecular complexity index is 2570. The molecule has 51 heavy (non-hydrogen) atoms. The fraction of sp³-hybridized carbons (Fsp3) is 0.100. The smallest absolute Gasteiger partial charge is 0.434 e. The Kier molecular flexibility index (Phi) is 7.25. The molecule has 0 spiro atoms. The Morgan fingerprint density at radius 2 is 1.31 bits per heavy atom. The number of aliphatic hydroxyl groups excluding tert-OH is 1. The van der Waals surface area contributed by atoms with Gasteiger partial charge in [-0.25, -0.2) is 0 Å². The first-order valence-corrected chi connectivity index (χ1v) is 17.1. The number of ether oxygens (including phenoxy) is 2. The molecule has 0 radical (unpaired) electrons. The molecule has 11 heteroatoms. The molecule has 1 aliphatic carbocycles. The third kappa shape index (κ3) is 4.84. The Balaban J connectivity index is 1.20. The number of ketones is 1. The SMILES string of the molecule is CCOc1ccc(B2N=c3c(=C4C(=O)C(c5ccc6cccc7c6c5N(O)B(c5ccc(OCC)cc5)N7)=C4O)ccc4cccc(c34)N2)cc1. The van der Waals surface area contributed by atoms with Gasteiger partial charge in [0.2, 0.25) is 5.78 Å². The summed E-state index contributed by atoms with van der Waals surface area (Å²) >= 11 is 0. The molecule has 6 aromatic rings. The van der Waals surface area contributed by atoms with Crippen LogP contribution in [0.2, 0.25) is 0 Å². The number of carbonyl (C=O) groups excluding carboxylic acids is 1. The quantitative estimate of drug-likeness (QED) is 0.177. The Labute approximate surface area is 294 Å². The van der Waals surface area contributed by atoms with Crippen LogP contribution < -0.4 is 46.4 Å². The number of benzene rings is 6. The van der Waals surface area contributed by atoms with Crippen LogP contribution in [0.1, 0.15) is 19.4 Å². The van der Waals surface area contributed by atoms with Crippen LogP contribution in [-0.2, 0) is 4.79 Å². The van der Waals surface area contributed by atoms with Gasteiger partial charge in [-0.3, -0.25) is 15.0 Å². The van der Waals surface area contributed by atoms with Gasteiger partial charge in [-0.05, 0) is 71.9 Å². The highest BCUT2D eigenvalue weighted by molar-refractivity contribution is 6.80. The van der Waals surface area contributed by atoms with Gasteiger partial charge in [0.15, 0.2) is 0 Å². The number of aliphatic hydroxyl groups is 1. The molecule has 6 aromatic carbocycles. The van der Waals surface area contributed by atoms with E-state index in [0.29, 0.717) is 35.0 Å². The van der Waals surface area contributed by atoms with Crippen LogP contribution in [0.4, 0.5) is 17.1 Å². The van der Waals surface area contributed by atoms with Crippen molar-refractivity contribution in [1.29, 1.82) is 0 Å². The van der Waals surface area contributed by atoms with Crippen LogP contribution >= 0.6 is 0 Å². The van der Waals surface area contributed by atoms with Crippen molar-refractivity contribution in [3.8, 4) is 11.5 Å². The van der Waals surface area contributed by atoms with E-state index in [-0.39, 0.29) is 22.7 Å². The van der Waals surface area contributed by atoms with Crippen molar-refractivity contribution in [3.63, 3.8) is 0 Å². The van der Waals surface area contributed by atoms with E-state index >= 15 is 0 Å². The monoisotopic (exact) mass is 670 g/mol. The predicted molar refractivity (Wildman–Crippen MR) is 204 cm³/mol. The van der Waals surface area contributed by atoms with E-state index in [1.807, 2.05) is 117 Å². The second-order valence-electron chi connectivity index (χ2n) is 12.7. The summed E-state index contributed by atoms with van der Waals surface area (Å²) in [4.78, 5) is 20.6. The van der Waals surface area contributed by atoms with E-state index in [1.165, 1.54) is 0 Å². The van der Waals surface area contributed by atoms with Crippen molar-refractivity contribution in [3.05, 3.63) is 131 Å². The lowest BCUT2D eigenvalue weighted by Gasteiger charge is -2.35. The van der Waals surface area contributed by atoms with E-state index in [4.69, 9.17) is 14.4 Å². The molecule has 0 atom stereocenters. The maximum Gasteiger partial charge on any atom is 0.434 e. The highest BCUT2D eigenvalue weighted by Gasteiger charge is 2.41. The first kappa shape index (κ1) is 30.8. The number of nitrogens with one attached hydrogen (secondary N) is 2. The molecular weight excluding hydrogens is 638 g/mol. The fourth-order valence-electron chi connectivity index (χ4n) is 7.49. The van der Waals surface area contributed by atoms with E-state index in [1.54, 1.807) is 6.07 Å². The lowest BCUT2D eigenvalue weighted by Crippen LogP contribution is -2.55. The Morgan fingerprint density at radius 1 is 0.706 bits per heavy atom. The van der Waals surface area contributed by atoms with E-state index in [0.717, 1.165) is 60.3 Å². The largest absolute Gasteiger partial charge is 0.506 e. The molecule has 0 bridgehead atoms. The minimum Gasteiger partial charge on any atom is -0.506 e. The maximum absolute atomic E-state index is 14.3. The van der Waals surface area contributed by atoms with Crippen LogP contribution in [-0.4, -0.2) is 43.3 Å². The molecule has 2 heterocycles. The van der Waals surface area contributed by atoms with Gasteiger partial charge in [0, 0.05) is 32.9 Å². The molecule has 248 valence electrons. The molecule has 9 nitrogen and oxygen atoms in total. The lowest BCUT2D eigenvalue weighted by molar-refractivity contribution is -0.109. The number of hydrogen-bond donors (Lipinski definition) is 4. The molecule has 2 aliphatic heterocycles. The van der Waals surface area contributed by atoms with Crippen LogP contribution in [0, 0.1) is 0 Å². The molecule has 0 fully saturated rings. The van der Waals surface area contributed by atoms with Crippen molar-refractivity contribution >= 4 is 80.4 Å². The second kappa shape index (κ2) is 12.0. The minimum atomic E-state index is -0.657. The average Bonchev–Trinajstić information content (AvgIpc) is 3.15. The minimum absolute atomic E-state index is 0.128. The zero-order valence-electron chi connectivity index (χ0n) is 28.0. The summed E-state index contributed by atoms with van der Waals surface area (Å²) in [5, 5.41) is 35.4. The number of carbonyl (C=O) groups is 1. The van der Waals surface area contributed by atoms with Crippen molar-refractivity contribution in [2.75, 3.05) is 28.6 Å². The summed E-state index contributed by atoms with van der Waals surface area (Å²) in [6.45, 7) is 3.93. The van der Waals surface area contributed by atoms with Gasteiger partial charge in [0.1, 0.15) is 17.3 Å². The predicted octanol–water partition coefficient (Wildman–Crippen LogP) is 4.95. The van der Waals surface area contributed by atoms with E-state index < -0.39 is 14.0 Å². The van der Waals surface area contributed by atoms with Gasteiger partial charge < -0.3 is 29.9 Å². The summed E-state index contributed by atoms with van der Waals surface area (Å²) in [6, 6.07) is 34.7. The zero-order chi connectivity index (χ0) is 34.8. The summed E-state index contributed by atoms with van der Waals surface area (Å²) in [6.07, 6.45) is 0. The van der Waals surface area contributed by atoms with Gasteiger partial charge in [0.25, 0.3) is 0 Å². The molecule has 3 aliphatic rings. The second-order valence-corrected chi connectivity index (χ2v) is 12.7. The summed E-state index contributed by atoms with van der Waals surface area (Å²) in [7, 11) is 0. The fourth-order valence-corrected chi connectivity index (χ4v) is 7.49. The van der Waals surface area contributed by atoms with Crippen molar-refractivity contribution in [2.45, 2.75) is 13.8 Å². The summed E-state index contributed by atoms with van der Waals surface area (Å²) in [5.41, 5.74) is 4.68. The number of nitrogens with zero attached hydrogens (tertiary/aromatic N) is 2. The average molecular weight is 670 g/mol. The highest BCUT2D eigenvalue weighted by Crippen LogP contribution is 2.46. The van der Waals surface area contributed by atoms with E-state index in [2.05, 4.69) is 10.5 Å². The zero-order valence-corrected chi connectivity index (χ0v) is 28.0. The summed E-state index contributed by atoms with van der Waals surface area (Å²) < 4.78 is 11.3. The Hall–Kier alpha value is -6.19. The number of Topliss-reactive ketones (excluding diaryl/α,β-unsaturated/α-hetero) is 1. The maximum atomic E-state index is 14.3. The normalized spacial score (nSPS) is 15.7. The van der Waals surface area contributed by atoms with E-state index in [9.17, 15) is 15.1 Å². The third-order valence-electron chi connectivity index (χ3n) is 9.83. The van der Waals surface area contributed by atoms with Crippen LogP contribution in [0.25, 0.3) is 32.7 Å². The molecule has 4 N–H and O–H groups in total. The summed E-state index contributed by atoms with van der Waals surface area (Å²) in [5.74, 6) is 1.07. The first-order valence-electron chi connectivity index (χ1n) is 17.1. The van der Waals surface area contributed by atoms with Gasteiger partial charge >= 0.3 is 14.0 Å². The molecule has 9 rings (SSSR count). The van der Waals surface area contributed by atoms with Crippen LogP contribution in [0.15, 0.2) is 120 Å². The molecule has 0 aromatic heterocycles. The number of hydrogen-bond acceptors (Lipinski definition) is 9. The topological polar surface area (TPSA) is 116 Å². The van der Waals surface area contributed by atoms with Gasteiger partial charge in [-0.15, -0.1) is 0 Å². The van der Waals surface area contributed by atoms with Crippen LogP contribution in [0.5, 0.6) is 11.5 Å². The molecular formula is C40H32B2N4O5. The van der Waals surface area contributed by atoms with Crippen molar-refractivity contribution < 1.29 is 24.6 Å². The Morgan fingerprint density at radius 3 is 1.96 bits per heavy atom. The lowest BCUT2D eigenvalue weighted by atomic mass is 9.64. The van der Waals surface area contributed by atoms with Gasteiger partial charge in [0.05, 0.1) is 35.4 Å². The van der Waals surface area contributed by atoms with Gasteiger partial charge in [-0.2, -0.15) is 0 Å². The molecule has 0 saturated heterocycles. The first-order chi connectivity index (χ1) is 24.9. The standard InChI is InChI=1S/C40H32B2N4O5/c1-3-50-27-17-13-25(14-18-27)41-43-31-9-5-7-23-11-21-29(37(45-41)33(23)31)35-39(47)36(40(35)48)30-22-12-24-8-6-10-32-34(24)38(30)46(49)42(44-32)26-15-19-28(20-16-26)51-4-2/h5-22,43-44,47,49H,3-4H2,1-2H3. The molecule has 0 amide bonds. The number of allylic oxidation sites excluding steroid dienone is 2. The van der Waals surface area contributed by atoms with Crippen LogP contribution in [0.3, 0.4) is 0 Å². The number of rotatable bonds is 7. The van der Waals surface area contributed by atoms with Gasteiger partial charge in [-0.1, -0.05) is 72.8 Å². The van der Waals surface area contributed by atoms with Crippen molar-refractivity contribution in [1.82, 2.24) is 0 Å². The molecule has 0 saturated carbocycles. The third-order valence-corrected chi connectivity index (χ3v) is 9.83. The highest BCUT2D eigenvalue weighted by atomic mass is 16.5.